The lowest BCUT2D eigenvalue weighted by molar-refractivity contribution is 0.121. The Balaban J connectivity index is 1.62. The van der Waals surface area contributed by atoms with Crippen molar-refractivity contribution in [1.29, 1.82) is 0 Å². The van der Waals surface area contributed by atoms with E-state index in [9.17, 15) is 0 Å². The van der Waals surface area contributed by atoms with Crippen LogP contribution in [0.15, 0.2) is 12.1 Å². The maximum absolute atomic E-state index is 5.53. The van der Waals surface area contributed by atoms with Crippen LogP contribution >= 0.6 is 0 Å². The van der Waals surface area contributed by atoms with Gasteiger partial charge in [-0.15, -0.1) is 0 Å². The number of ether oxygens (including phenoxy) is 4. The highest BCUT2D eigenvalue weighted by Crippen LogP contribution is 2.38. The summed E-state index contributed by atoms with van der Waals surface area (Å²) in [7, 11) is 8.54. The number of aromatic nitrogens is 2. The molecule has 1 aromatic heterocycles. The highest BCUT2D eigenvalue weighted by atomic mass is 16.5. The Hall–Kier alpha value is -2.45. The van der Waals surface area contributed by atoms with Crippen molar-refractivity contribution in [3.8, 4) is 23.1 Å². The van der Waals surface area contributed by atoms with Crippen LogP contribution in [0.2, 0.25) is 0 Å². The molecule has 8 heteroatoms. The van der Waals surface area contributed by atoms with E-state index in [1.54, 1.807) is 28.4 Å². The fourth-order valence-electron chi connectivity index (χ4n) is 3.93. The minimum Gasteiger partial charge on any atom is -0.493 e. The summed E-state index contributed by atoms with van der Waals surface area (Å²) in [5.41, 5.74) is 3.36. The summed E-state index contributed by atoms with van der Waals surface area (Å²) in [6.45, 7) is 7.75. The van der Waals surface area contributed by atoms with Crippen molar-refractivity contribution in [3.63, 3.8) is 0 Å². The zero-order chi connectivity index (χ0) is 21.0. The maximum atomic E-state index is 5.53. The first kappa shape index (κ1) is 21.3. The zero-order valence-corrected chi connectivity index (χ0v) is 18.3. The minimum atomic E-state index is 0.629. The Labute approximate surface area is 172 Å². The van der Waals surface area contributed by atoms with Gasteiger partial charge < -0.3 is 18.9 Å². The molecular formula is C21H32N4O4. The molecule has 0 spiro atoms. The van der Waals surface area contributed by atoms with Gasteiger partial charge >= 0.3 is 0 Å². The average Bonchev–Trinajstić information content (AvgIpc) is 3.00. The van der Waals surface area contributed by atoms with E-state index in [1.165, 1.54) is 5.56 Å². The van der Waals surface area contributed by atoms with Crippen LogP contribution in [0.4, 0.5) is 0 Å². The quantitative estimate of drug-likeness (QED) is 0.668. The molecule has 8 nitrogen and oxygen atoms in total. The summed E-state index contributed by atoms with van der Waals surface area (Å²) in [6.07, 6.45) is 0. The van der Waals surface area contributed by atoms with Gasteiger partial charge in [0.25, 0.3) is 0 Å². The van der Waals surface area contributed by atoms with Crippen molar-refractivity contribution in [2.45, 2.75) is 20.0 Å². The predicted molar refractivity (Wildman–Crippen MR) is 111 cm³/mol. The number of nitrogens with zero attached hydrogens (tertiary/aromatic N) is 4. The first-order chi connectivity index (χ1) is 14.0. The van der Waals surface area contributed by atoms with Crippen LogP contribution in [0.1, 0.15) is 16.8 Å². The summed E-state index contributed by atoms with van der Waals surface area (Å²) < 4.78 is 23.7. The molecule has 3 rings (SSSR count). The van der Waals surface area contributed by atoms with Crippen molar-refractivity contribution in [3.05, 3.63) is 29.0 Å². The van der Waals surface area contributed by atoms with Crippen LogP contribution < -0.4 is 18.9 Å². The van der Waals surface area contributed by atoms with E-state index in [2.05, 4.69) is 14.9 Å². The molecule has 0 saturated carbocycles. The van der Waals surface area contributed by atoms with Gasteiger partial charge in [-0.1, -0.05) is 0 Å². The summed E-state index contributed by atoms with van der Waals surface area (Å²) in [6, 6.07) is 4.05. The van der Waals surface area contributed by atoms with Crippen molar-refractivity contribution in [2.24, 2.45) is 7.05 Å². The molecule has 2 heterocycles. The van der Waals surface area contributed by atoms with E-state index < -0.39 is 0 Å². The standard InChI is InChI=1S/C21H32N4O4/c1-15-17(21(29-6)23(2)22-15)14-25-9-7-24(8-10-25)13-16-11-18(26-3)20(28-5)19(12-16)27-4/h11-12H,7-10,13-14H2,1-6H3. The molecule has 1 aliphatic heterocycles. The second kappa shape index (κ2) is 9.37. The van der Waals surface area contributed by atoms with E-state index in [-0.39, 0.29) is 0 Å². The number of hydrogen-bond donors (Lipinski definition) is 0. The van der Waals surface area contributed by atoms with Gasteiger partial charge in [0.1, 0.15) is 0 Å². The molecule has 2 aromatic rings. The summed E-state index contributed by atoms with van der Waals surface area (Å²) in [5, 5.41) is 4.49. The lowest BCUT2D eigenvalue weighted by Gasteiger charge is -2.34. The van der Waals surface area contributed by atoms with Gasteiger partial charge in [-0.2, -0.15) is 5.10 Å². The Morgan fingerprint density at radius 3 is 1.86 bits per heavy atom. The van der Waals surface area contributed by atoms with E-state index >= 15 is 0 Å². The first-order valence-corrected chi connectivity index (χ1v) is 9.80. The van der Waals surface area contributed by atoms with E-state index in [4.69, 9.17) is 18.9 Å². The average molecular weight is 405 g/mol. The van der Waals surface area contributed by atoms with Crippen LogP contribution in [0.3, 0.4) is 0 Å². The van der Waals surface area contributed by atoms with Crippen molar-refractivity contribution >= 4 is 0 Å². The van der Waals surface area contributed by atoms with Crippen LogP contribution in [0, 0.1) is 6.92 Å². The van der Waals surface area contributed by atoms with Crippen LogP contribution in [-0.4, -0.2) is 74.2 Å². The smallest absolute Gasteiger partial charge is 0.216 e. The molecule has 0 atom stereocenters. The lowest BCUT2D eigenvalue weighted by atomic mass is 10.1. The van der Waals surface area contributed by atoms with Crippen molar-refractivity contribution in [1.82, 2.24) is 19.6 Å². The predicted octanol–water partition coefficient (Wildman–Crippen LogP) is 2.08. The third-order valence-electron chi connectivity index (χ3n) is 5.46. The minimum absolute atomic E-state index is 0.629. The molecule has 0 N–H and O–H groups in total. The van der Waals surface area contributed by atoms with Gasteiger partial charge in [0, 0.05) is 46.3 Å². The molecule has 1 saturated heterocycles. The van der Waals surface area contributed by atoms with Crippen molar-refractivity contribution in [2.75, 3.05) is 54.6 Å². The van der Waals surface area contributed by atoms with Gasteiger partial charge in [0.05, 0.1) is 39.7 Å². The van der Waals surface area contributed by atoms with Crippen LogP contribution in [0.5, 0.6) is 23.1 Å². The van der Waals surface area contributed by atoms with Crippen molar-refractivity contribution < 1.29 is 18.9 Å². The van der Waals surface area contributed by atoms with Crippen LogP contribution in [-0.2, 0) is 20.1 Å². The third-order valence-corrected chi connectivity index (χ3v) is 5.46. The van der Waals surface area contributed by atoms with E-state index in [0.717, 1.165) is 56.4 Å². The molecule has 1 fully saturated rings. The molecule has 1 aliphatic rings. The zero-order valence-electron chi connectivity index (χ0n) is 18.3. The number of methoxy groups -OCH3 is 4. The summed E-state index contributed by atoms with van der Waals surface area (Å²) in [4.78, 5) is 4.91. The van der Waals surface area contributed by atoms with Gasteiger partial charge in [-0.05, 0) is 24.6 Å². The second-order valence-corrected chi connectivity index (χ2v) is 7.28. The number of rotatable bonds is 8. The fourth-order valence-corrected chi connectivity index (χ4v) is 3.93. The van der Waals surface area contributed by atoms with Gasteiger partial charge in [0.2, 0.25) is 11.6 Å². The van der Waals surface area contributed by atoms with Crippen LogP contribution in [0.25, 0.3) is 0 Å². The van der Waals surface area contributed by atoms with Gasteiger partial charge in [-0.25, -0.2) is 4.68 Å². The summed E-state index contributed by atoms with van der Waals surface area (Å²) in [5.74, 6) is 2.87. The number of piperazine rings is 1. The number of aryl methyl sites for hydroxylation is 2. The molecule has 0 unspecified atom stereocenters. The molecule has 0 radical (unpaired) electrons. The van der Waals surface area contributed by atoms with E-state index in [1.807, 2.05) is 30.8 Å². The Morgan fingerprint density at radius 1 is 0.828 bits per heavy atom. The Kier molecular flexibility index (Phi) is 6.87. The SMILES string of the molecule is COc1cc(CN2CCN(Cc3c(C)nn(C)c3OC)CC2)cc(OC)c1OC. The third kappa shape index (κ3) is 4.59. The normalized spacial score (nSPS) is 15.4. The highest BCUT2D eigenvalue weighted by Gasteiger charge is 2.22. The monoisotopic (exact) mass is 404 g/mol. The lowest BCUT2D eigenvalue weighted by Crippen LogP contribution is -2.45. The molecule has 29 heavy (non-hydrogen) atoms. The maximum Gasteiger partial charge on any atom is 0.216 e. The molecule has 0 amide bonds. The van der Waals surface area contributed by atoms with Gasteiger partial charge in [0.15, 0.2) is 11.5 Å². The summed E-state index contributed by atoms with van der Waals surface area (Å²) >= 11 is 0. The largest absolute Gasteiger partial charge is 0.493 e. The Bertz CT molecular complexity index is 803. The van der Waals surface area contributed by atoms with Gasteiger partial charge in [-0.3, -0.25) is 9.80 Å². The van der Waals surface area contributed by atoms with E-state index in [0.29, 0.717) is 17.2 Å². The topological polar surface area (TPSA) is 61.2 Å². The number of benzene rings is 1. The molecular weight excluding hydrogens is 372 g/mol. The molecule has 1 aromatic carbocycles. The molecule has 0 bridgehead atoms. The highest BCUT2D eigenvalue weighted by molar-refractivity contribution is 5.53. The first-order valence-electron chi connectivity index (χ1n) is 9.80. The number of hydrogen-bond acceptors (Lipinski definition) is 7. The Morgan fingerprint density at radius 2 is 1.38 bits per heavy atom. The fraction of sp³-hybridized carbons (Fsp3) is 0.571. The second-order valence-electron chi connectivity index (χ2n) is 7.28. The molecule has 0 aliphatic carbocycles. The molecule has 160 valence electrons.